The molecule has 0 bridgehead atoms. The molecule has 0 spiro atoms. The van der Waals surface area contributed by atoms with Gasteiger partial charge in [0.1, 0.15) is 0 Å². The number of nitrogens with zero attached hydrogens (tertiary/aromatic N) is 1. The maximum absolute atomic E-state index is 9.62. The Labute approximate surface area is 115 Å². The van der Waals surface area contributed by atoms with Crippen LogP contribution in [0.4, 0.5) is 0 Å². The molecule has 3 atom stereocenters. The van der Waals surface area contributed by atoms with Crippen molar-refractivity contribution in [3.05, 3.63) is 35.9 Å². The van der Waals surface area contributed by atoms with Gasteiger partial charge < -0.3 is 15.3 Å². The van der Waals surface area contributed by atoms with Gasteiger partial charge >= 0.3 is 0 Å². The molecule has 2 N–H and O–H groups in total. The molecule has 19 heavy (non-hydrogen) atoms. The first-order chi connectivity index (χ1) is 9.36. The number of nitrogens with one attached hydrogen (secondary N) is 1. The molecule has 3 nitrogen and oxygen atoms in total. The first-order valence-corrected chi connectivity index (χ1v) is 7.52. The van der Waals surface area contributed by atoms with Crippen LogP contribution in [0.2, 0.25) is 0 Å². The number of fused-ring (bicyclic) bond motifs is 1. The highest BCUT2D eigenvalue weighted by molar-refractivity contribution is 5.19. The molecular weight excluding hydrogens is 236 g/mol. The van der Waals surface area contributed by atoms with Crippen molar-refractivity contribution in [3.8, 4) is 0 Å². The Morgan fingerprint density at radius 2 is 2.05 bits per heavy atom. The van der Waals surface area contributed by atoms with Crippen LogP contribution in [-0.4, -0.2) is 41.8 Å². The lowest BCUT2D eigenvalue weighted by Crippen LogP contribution is -2.47. The lowest BCUT2D eigenvalue weighted by atomic mass is 9.96. The van der Waals surface area contributed by atoms with Crippen LogP contribution < -0.4 is 5.32 Å². The first-order valence-electron chi connectivity index (χ1n) is 7.52. The van der Waals surface area contributed by atoms with Gasteiger partial charge in [-0.1, -0.05) is 30.3 Å². The fourth-order valence-electron chi connectivity index (χ4n) is 3.60. The maximum atomic E-state index is 9.62. The molecule has 1 aromatic carbocycles. The molecule has 3 rings (SSSR count). The number of hydrogen-bond donors (Lipinski definition) is 2. The van der Waals surface area contributed by atoms with Gasteiger partial charge in [0.05, 0.1) is 12.6 Å². The van der Waals surface area contributed by atoms with Crippen LogP contribution in [-0.2, 0) is 0 Å². The van der Waals surface area contributed by atoms with Gasteiger partial charge in [-0.05, 0) is 44.3 Å². The minimum Gasteiger partial charge on any atom is -0.394 e. The Morgan fingerprint density at radius 3 is 2.84 bits per heavy atom. The second-order valence-electron chi connectivity index (χ2n) is 5.87. The molecule has 2 heterocycles. The quantitative estimate of drug-likeness (QED) is 0.868. The van der Waals surface area contributed by atoms with E-state index in [1.165, 1.54) is 44.3 Å². The summed E-state index contributed by atoms with van der Waals surface area (Å²) in [7, 11) is 0. The van der Waals surface area contributed by atoms with Crippen LogP contribution in [0.25, 0.3) is 0 Å². The van der Waals surface area contributed by atoms with Gasteiger partial charge in [-0.25, -0.2) is 0 Å². The normalized spacial score (nSPS) is 29.1. The molecule has 0 aromatic heterocycles. The molecular formula is C16H24N2O. The van der Waals surface area contributed by atoms with Crippen molar-refractivity contribution < 1.29 is 5.11 Å². The lowest BCUT2D eigenvalue weighted by molar-refractivity contribution is 0.148. The molecule has 0 radical (unpaired) electrons. The van der Waals surface area contributed by atoms with Crippen molar-refractivity contribution in [1.82, 2.24) is 10.2 Å². The number of hydrogen-bond acceptors (Lipinski definition) is 3. The molecule has 0 amide bonds. The van der Waals surface area contributed by atoms with E-state index < -0.39 is 0 Å². The number of aliphatic hydroxyl groups is 1. The number of rotatable bonds is 4. The van der Waals surface area contributed by atoms with Crippen molar-refractivity contribution in [1.29, 1.82) is 0 Å². The average molecular weight is 260 g/mol. The molecule has 2 aliphatic rings. The van der Waals surface area contributed by atoms with Crippen molar-refractivity contribution in [2.24, 2.45) is 0 Å². The Bertz CT molecular complexity index is 395. The summed E-state index contributed by atoms with van der Waals surface area (Å²) in [5, 5.41) is 13.3. The molecule has 0 saturated carbocycles. The predicted molar refractivity (Wildman–Crippen MR) is 77.0 cm³/mol. The second-order valence-corrected chi connectivity index (χ2v) is 5.87. The summed E-state index contributed by atoms with van der Waals surface area (Å²) in [4.78, 5) is 2.63. The summed E-state index contributed by atoms with van der Waals surface area (Å²) in [5.74, 6) is 0. The van der Waals surface area contributed by atoms with E-state index in [9.17, 15) is 5.11 Å². The zero-order chi connectivity index (χ0) is 13.1. The van der Waals surface area contributed by atoms with Gasteiger partial charge in [0.25, 0.3) is 0 Å². The minimum atomic E-state index is 0.0825. The summed E-state index contributed by atoms with van der Waals surface area (Å²) in [6, 6.07) is 11.7. The summed E-state index contributed by atoms with van der Waals surface area (Å²) < 4.78 is 0. The molecule has 0 aliphatic carbocycles. The van der Waals surface area contributed by atoms with Crippen LogP contribution in [0.3, 0.4) is 0 Å². The summed E-state index contributed by atoms with van der Waals surface area (Å²) in [6.45, 7) is 2.68. The molecule has 2 aliphatic heterocycles. The van der Waals surface area contributed by atoms with E-state index >= 15 is 0 Å². The molecule has 104 valence electrons. The SMILES string of the molecule is OC[C@H](NC1CCN2CCCC2C1)c1ccccc1. The largest absolute Gasteiger partial charge is 0.394 e. The van der Waals surface area contributed by atoms with E-state index in [0.717, 1.165) is 6.04 Å². The number of aliphatic hydroxyl groups excluding tert-OH is 1. The number of piperidine rings is 1. The van der Waals surface area contributed by atoms with E-state index in [4.69, 9.17) is 0 Å². The third-order valence-electron chi connectivity index (χ3n) is 4.64. The second kappa shape index (κ2) is 6.04. The zero-order valence-electron chi connectivity index (χ0n) is 11.5. The van der Waals surface area contributed by atoms with Crippen LogP contribution in [0.15, 0.2) is 30.3 Å². The summed E-state index contributed by atoms with van der Waals surface area (Å²) >= 11 is 0. The van der Waals surface area contributed by atoms with E-state index in [0.29, 0.717) is 6.04 Å². The van der Waals surface area contributed by atoms with E-state index in [-0.39, 0.29) is 12.6 Å². The monoisotopic (exact) mass is 260 g/mol. The Kier molecular flexibility index (Phi) is 4.16. The highest BCUT2D eigenvalue weighted by Gasteiger charge is 2.32. The first kappa shape index (κ1) is 13.1. The Morgan fingerprint density at radius 1 is 1.21 bits per heavy atom. The molecule has 1 aromatic rings. The summed E-state index contributed by atoms with van der Waals surface area (Å²) in [5.41, 5.74) is 1.19. The third-order valence-corrected chi connectivity index (χ3v) is 4.64. The van der Waals surface area contributed by atoms with Gasteiger partial charge in [-0.2, -0.15) is 0 Å². The van der Waals surface area contributed by atoms with Gasteiger partial charge in [-0.3, -0.25) is 0 Å². The Balaban J connectivity index is 1.60. The smallest absolute Gasteiger partial charge is 0.0626 e. The van der Waals surface area contributed by atoms with E-state index in [2.05, 4.69) is 22.3 Å². The highest BCUT2D eigenvalue weighted by atomic mass is 16.3. The van der Waals surface area contributed by atoms with Crippen molar-refractivity contribution in [2.75, 3.05) is 19.7 Å². The third kappa shape index (κ3) is 2.99. The predicted octanol–water partition coefficient (Wildman–Crippen LogP) is 1.94. The van der Waals surface area contributed by atoms with E-state index in [1.54, 1.807) is 0 Å². The van der Waals surface area contributed by atoms with Gasteiger partial charge in [-0.15, -0.1) is 0 Å². The molecule has 2 saturated heterocycles. The average Bonchev–Trinajstić information content (AvgIpc) is 2.93. The van der Waals surface area contributed by atoms with Crippen LogP contribution in [0, 0.1) is 0 Å². The summed E-state index contributed by atoms with van der Waals surface area (Å²) in [6.07, 6.45) is 5.16. The molecule has 3 heteroatoms. The molecule has 2 fully saturated rings. The standard InChI is InChI=1S/C16H24N2O/c19-12-16(13-5-2-1-3-6-13)17-14-8-10-18-9-4-7-15(18)11-14/h1-3,5-6,14-17,19H,4,7-12H2/t14?,15?,16-/m0/s1. The number of benzene rings is 1. The van der Waals surface area contributed by atoms with Crippen LogP contribution in [0.1, 0.15) is 37.3 Å². The fraction of sp³-hybridized carbons (Fsp3) is 0.625. The van der Waals surface area contributed by atoms with Crippen LogP contribution >= 0.6 is 0 Å². The Hall–Kier alpha value is -0.900. The maximum Gasteiger partial charge on any atom is 0.0626 e. The van der Waals surface area contributed by atoms with Crippen molar-refractivity contribution in [2.45, 2.75) is 43.8 Å². The lowest BCUT2D eigenvalue weighted by Gasteiger charge is -2.37. The van der Waals surface area contributed by atoms with E-state index in [1.807, 2.05) is 18.2 Å². The topological polar surface area (TPSA) is 35.5 Å². The molecule has 2 unspecified atom stereocenters. The minimum absolute atomic E-state index is 0.0825. The zero-order valence-corrected chi connectivity index (χ0v) is 11.5. The van der Waals surface area contributed by atoms with Crippen LogP contribution in [0.5, 0.6) is 0 Å². The van der Waals surface area contributed by atoms with Gasteiger partial charge in [0.15, 0.2) is 0 Å². The van der Waals surface area contributed by atoms with Gasteiger partial charge in [0.2, 0.25) is 0 Å². The van der Waals surface area contributed by atoms with Crippen molar-refractivity contribution in [3.63, 3.8) is 0 Å². The highest BCUT2D eigenvalue weighted by Crippen LogP contribution is 2.28. The van der Waals surface area contributed by atoms with Crippen molar-refractivity contribution >= 4 is 0 Å². The van der Waals surface area contributed by atoms with Gasteiger partial charge in [0, 0.05) is 12.1 Å². The fourth-order valence-corrected chi connectivity index (χ4v) is 3.60.